The summed E-state index contributed by atoms with van der Waals surface area (Å²) in [5.74, 6) is 0.641. The monoisotopic (exact) mass is 469 g/mol. The Morgan fingerprint density at radius 3 is 2.03 bits per heavy atom. The Labute approximate surface area is 173 Å². The fourth-order valence-corrected chi connectivity index (χ4v) is 3.93. The number of sulfonamides is 1. The molecule has 1 saturated heterocycles. The second-order valence-electron chi connectivity index (χ2n) is 6.69. The maximum absolute atomic E-state index is 13.0. The largest absolute Gasteiger partial charge is 0.416 e. The Balaban J connectivity index is 1.79. The van der Waals surface area contributed by atoms with Gasteiger partial charge in [-0.3, -0.25) is 0 Å². The lowest BCUT2D eigenvalue weighted by atomic mass is 10.1. The highest BCUT2D eigenvalue weighted by Crippen LogP contribution is 2.37. The highest BCUT2D eigenvalue weighted by Gasteiger charge is 2.38. The number of halogens is 6. The summed E-state index contributed by atoms with van der Waals surface area (Å²) in [7, 11) is -4.66. The van der Waals surface area contributed by atoms with Crippen LogP contribution in [0.15, 0.2) is 41.4 Å². The molecule has 2 heterocycles. The number of benzene rings is 1. The minimum atomic E-state index is -5.15. The van der Waals surface area contributed by atoms with Crippen molar-refractivity contribution in [2.75, 3.05) is 31.2 Å². The zero-order chi connectivity index (χ0) is 22.9. The number of aromatic nitrogens is 1. The molecular weight excluding hydrogens is 452 g/mol. The van der Waals surface area contributed by atoms with Gasteiger partial charge in [0.1, 0.15) is 5.82 Å². The summed E-state index contributed by atoms with van der Waals surface area (Å²) in [4.78, 5) is 5.03. The third-order valence-electron chi connectivity index (χ3n) is 4.48. The van der Waals surface area contributed by atoms with Crippen molar-refractivity contribution in [3.63, 3.8) is 0 Å². The zero-order valence-electron chi connectivity index (χ0n) is 15.8. The number of rotatable bonds is 5. The molecule has 3 rings (SSSR count). The molecule has 0 bridgehead atoms. The van der Waals surface area contributed by atoms with Crippen molar-refractivity contribution >= 4 is 15.8 Å². The van der Waals surface area contributed by atoms with Gasteiger partial charge in [-0.15, -0.1) is 0 Å². The van der Waals surface area contributed by atoms with E-state index in [9.17, 15) is 34.8 Å². The lowest BCUT2D eigenvalue weighted by Gasteiger charge is -2.27. The molecule has 6 nitrogen and oxygen atoms in total. The number of pyridine rings is 1. The fourth-order valence-electron chi connectivity index (χ4n) is 2.84. The Morgan fingerprint density at radius 1 is 0.968 bits per heavy atom. The van der Waals surface area contributed by atoms with Gasteiger partial charge in [0, 0.05) is 25.8 Å². The van der Waals surface area contributed by atoms with Gasteiger partial charge in [0.15, 0.2) is 0 Å². The van der Waals surface area contributed by atoms with Gasteiger partial charge in [-0.2, -0.15) is 26.3 Å². The number of hydrogen-bond acceptors (Lipinski definition) is 5. The molecule has 0 atom stereocenters. The molecule has 1 aliphatic heterocycles. The molecule has 31 heavy (non-hydrogen) atoms. The lowest BCUT2D eigenvalue weighted by Crippen LogP contribution is -2.36. The van der Waals surface area contributed by atoms with E-state index in [4.69, 9.17) is 4.74 Å². The summed E-state index contributed by atoms with van der Waals surface area (Å²) in [5.41, 5.74) is -3.04. The number of morpholine rings is 1. The van der Waals surface area contributed by atoms with Crippen molar-refractivity contribution in [2.45, 2.75) is 23.8 Å². The van der Waals surface area contributed by atoms with E-state index in [1.807, 2.05) is 9.62 Å². The first-order valence-electron chi connectivity index (χ1n) is 8.93. The van der Waals surface area contributed by atoms with E-state index in [0.717, 1.165) is 0 Å². The van der Waals surface area contributed by atoms with Crippen molar-refractivity contribution in [3.8, 4) is 0 Å². The Bertz CT molecular complexity index is 985. The lowest BCUT2D eigenvalue weighted by molar-refractivity contribution is -0.143. The van der Waals surface area contributed by atoms with Crippen LogP contribution < -0.4 is 9.62 Å². The van der Waals surface area contributed by atoms with Crippen molar-refractivity contribution in [1.29, 1.82) is 0 Å². The number of hydrogen-bond donors (Lipinski definition) is 1. The van der Waals surface area contributed by atoms with Gasteiger partial charge in [0.25, 0.3) is 0 Å². The SMILES string of the molecule is O=S(=O)(NCc1ccc(N2CCOCC2)nc1)c1cc(C(F)(F)F)cc(C(F)(F)F)c1. The third-order valence-corrected chi connectivity index (χ3v) is 5.86. The van der Waals surface area contributed by atoms with Gasteiger partial charge in [0.2, 0.25) is 10.0 Å². The molecule has 0 saturated carbocycles. The van der Waals surface area contributed by atoms with Crippen LogP contribution in [-0.4, -0.2) is 39.7 Å². The van der Waals surface area contributed by atoms with E-state index in [-0.39, 0.29) is 24.7 Å². The second-order valence-corrected chi connectivity index (χ2v) is 8.46. The minimum Gasteiger partial charge on any atom is -0.378 e. The topological polar surface area (TPSA) is 71.5 Å². The molecule has 0 amide bonds. The Kier molecular flexibility index (Phi) is 6.48. The first-order valence-corrected chi connectivity index (χ1v) is 10.4. The normalized spacial score (nSPS) is 15.9. The standard InChI is InChI=1S/C18H17F6N3O3S/c19-17(20,21)13-7-14(18(22,23)24)9-15(8-13)31(28,29)26-11-12-1-2-16(25-10-12)27-3-5-30-6-4-27/h1-2,7-10,26H,3-6,11H2. The molecule has 1 aliphatic rings. The summed E-state index contributed by atoms with van der Waals surface area (Å²) in [6.07, 6.45) is -8.92. The number of nitrogens with one attached hydrogen (secondary N) is 1. The molecule has 1 aromatic heterocycles. The highest BCUT2D eigenvalue weighted by molar-refractivity contribution is 7.89. The highest BCUT2D eigenvalue weighted by atomic mass is 32.2. The smallest absolute Gasteiger partial charge is 0.378 e. The molecule has 0 radical (unpaired) electrons. The fraction of sp³-hybridized carbons (Fsp3) is 0.389. The molecule has 0 spiro atoms. The van der Waals surface area contributed by atoms with Gasteiger partial charge in [0.05, 0.1) is 29.2 Å². The van der Waals surface area contributed by atoms with E-state index in [0.29, 0.717) is 37.7 Å². The molecule has 1 fully saturated rings. The van der Waals surface area contributed by atoms with Crippen LogP contribution in [0.2, 0.25) is 0 Å². The average Bonchev–Trinajstić information content (AvgIpc) is 2.72. The minimum absolute atomic E-state index is 0.132. The van der Waals surface area contributed by atoms with Crippen LogP contribution >= 0.6 is 0 Å². The van der Waals surface area contributed by atoms with Gasteiger partial charge in [-0.05, 0) is 29.8 Å². The van der Waals surface area contributed by atoms with Gasteiger partial charge in [-0.1, -0.05) is 6.07 Å². The summed E-state index contributed by atoms with van der Waals surface area (Å²) >= 11 is 0. The van der Waals surface area contributed by atoms with E-state index < -0.39 is 38.4 Å². The van der Waals surface area contributed by atoms with Crippen LogP contribution in [0.1, 0.15) is 16.7 Å². The second kappa shape index (κ2) is 8.63. The molecule has 0 aliphatic carbocycles. The Hall–Kier alpha value is -2.38. The van der Waals surface area contributed by atoms with Gasteiger partial charge < -0.3 is 9.64 Å². The van der Waals surface area contributed by atoms with Crippen molar-refractivity contribution in [2.24, 2.45) is 0 Å². The first-order chi connectivity index (χ1) is 14.4. The van der Waals surface area contributed by atoms with Gasteiger partial charge >= 0.3 is 12.4 Å². The van der Waals surface area contributed by atoms with Crippen molar-refractivity contribution in [1.82, 2.24) is 9.71 Å². The number of nitrogens with zero attached hydrogens (tertiary/aromatic N) is 2. The van der Waals surface area contributed by atoms with Crippen LogP contribution in [0.3, 0.4) is 0 Å². The molecule has 0 unspecified atom stereocenters. The predicted octanol–water partition coefficient (Wildman–Crippen LogP) is 3.43. The Morgan fingerprint density at radius 2 is 1.55 bits per heavy atom. The predicted molar refractivity (Wildman–Crippen MR) is 97.7 cm³/mol. The van der Waals surface area contributed by atoms with E-state index >= 15 is 0 Å². The third kappa shape index (κ3) is 5.86. The molecule has 1 aromatic carbocycles. The molecule has 170 valence electrons. The van der Waals surface area contributed by atoms with E-state index in [2.05, 4.69) is 4.98 Å². The number of ether oxygens (including phenoxy) is 1. The van der Waals surface area contributed by atoms with Crippen LogP contribution in [0.5, 0.6) is 0 Å². The van der Waals surface area contributed by atoms with E-state index in [1.165, 1.54) is 6.20 Å². The maximum atomic E-state index is 13.0. The summed E-state index contributed by atoms with van der Waals surface area (Å²) < 4.78 is 110. The van der Waals surface area contributed by atoms with Gasteiger partial charge in [-0.25, -0.2) is 18.1 Å². The summed E-state index contributed by atoms with van der Waals surface area (Å²) in [6, 6.07) is 3.40. The maximum Gasteiger partial charge on any atom is 0.416 e. The molecule has 2 aromatic rings. The summed E-state index contributed by atoms with van der Waals surface area (Å²) in [6.45, 7) is 1.99. The van der Waals surface area contributed by atoms with Crippen molar-refractivity contribution in [3.05, 3.63) is 53.2 Å². The average molecular weight is 469 g/mol. The number of anilines is 1. The zero-order valence-corrected chi connectivity index (χ0v) is 16.6. The number of alkyl halides is 6. The molecule has 13 heteroatoms. The van der Waals surface area contributed by atoms with Crippen LogP contribution in [0, 0.1) is 0 Å². The van der Waals surface area contributed by atoms with Crippen LogP contribution in [0.4, 0.5) is 32.2 Å². The first kappa shape index (κ1) is 23.3. The van der Waals surface area contributed by atoms with Crippen LogP contribution in [0.25, 0.3) is 0 Å². The summed E-state index contributed by atoms with van der Waals surface area (Å²) in [5, 5.41) is 0. The molecular formula is C18H17F6N3O3S. The molecule has 1 N–H and O–H groups in total. The van der Waals surface area contributed by atoms with Crippen molar-refractivity contribution < 1.29 is 39.5 Å². The quantitative estimate of drug-likeness (QED) is 0.680. The van der Waals surface area contributed by atoms with Crippen LogP contribution in [-0.2, 0) is 33.7 Å². The van der Waals surface area contributed by atoms with E-state index in [1.54, 1.807) is 12.1 Å².